The molecule has 0 bridgehead atoms. The summed E-state index contributed by atoms with van der Waals surface area (Å²) in [5, 5.41) is 8.31. The molecule has 0 radical (unpaired) electrons. The molecule has 0 heterocycles. The van der Waals surface area contributed by atoms with Gasteiger partial charge in [-0.2, -0.15) is 0 Å². The minimum atomic E-state index is -2.86. The van der Waals surface area contributed by atoms with Crippen molar-refractivity contribution in [1.29, 1.82) is 0 Å². The van der Waals surface area contributed by atoms with Crippen LogP contribution in [-0.4, -0.2) is 43.1 Å². The standard InChI is InChI=1S/C6H16O4Si/c1-11(8,9)6-2-4-10-5-3-7/h7-9H,2-6H2,1H3. The topological polar surface area (TPSA) is 69.9 Å². The summed E-state index contributed by atoms with van der Waals surface area (Å²) in [4.78, 5) is 17.9. The summed E-state index contributed by atoms with van der Waals surface area (Å²) in [6, 6.07) is 0.429. The van der Waals surface area contributed by atoms with Gasteiger partial charge in [0.1, 0.15) is 0 Å². The highest BCUT2D eigenvalue weighted by Gasteiger charge is 2.19. The first kappa shape index (κ1) is 11.1. The predicted octanol–water partition coefficient (Wildman–Crippen LogP) is -0.558. The largest absolute Gasteiger partial charge is 0.411 e. The Morgan fingerprint density at radius 1 is 1.27 bits per heavy atom. The third kappa shape index (κ3) is 10.1. The molecule has 0 aliphatic carbocycles. The van der Waals surface area contributed by atoms with Crippen LogP contribution in [0.4, 0.5) is 0 Å². The van der Waals surface area contributed by atoms with Gasteiger partial charge in [0.25, 0.3) is 0 Å². The number of hydrogen-bond acceptors (Lipinski definition) is 4. The Labute approximate surface area is 67.7 Å². The zero-order valence-corrected chi connectivity index (χ0v) is 7.79. The van der Waals surface area contributed by atoms with Gasteiger partial charge in [0.15, 0.2) is 0 Å². The summed E-state index contributed by atoms with van der Waals surface area (Å²) in [7, 11) is -2.86. The van der Waals surface area contributed by atoms with Crippen molar-refractivity contribution in [3.8, 4) is 0 Å². The van der Waals surface area contributed by atoms with E-state index >= 15 is 0 Å². The molecule has 0 atom stereocenters. The van der Waals surface area contributed by atoms with Crippen molar-refractivity contribution in [2.24, 2.45) is 0 Å². The van der Waals surface area contributed by atoms with Crippen LogP contribution < -0.4 is 0 Å². The molecule has 4 nitrogen and oxygen atoms in total. The molecule has 3 N–H and O–H groups in total. The Morgan fingerprint density at radius 2 is 1.91 bits per heavy atom. The molecule has 0 aromatic carbocycles. The van der Waals surface area contributed by atoms with Gasteiger partial charge in [-0.25, -0.2) is 0 Å². The van der Waals surface area contributed by atoms with Crippen molar-refractivity contribution in [2.45, 2.75) is 19.0 Å². The van der Waals surface area contributed by atoms with Gasteiger partial charge >= 0.3 is 8.56 Å². The van der Waals surface area contributed by atoms with E-state index in [1.807, 2.05) is 0 Å². The lowest BCUT2D eigenvalue weighted by Gasteiger charge is -2.10. The molecule has 11 heavy (non-hydrogen) atoms. The number of hydrogen-bond donors (Lipinski definition) is 3. The first-order chi connectivity index (χ1) is 5.06. The Bertz CT molecular complexity index is 91.1. The van der Waals surface area contributed by atoms with E-state index < -0.39 is 8.56 Å². The first-order valence-corrected chi connectivity index (χ1v) is 6.30. The molecule has 5 heteroatoms. The van der Waals surface area contributed by atoms with E-state index in [-0.39, 0.29) is 6.61 Å². The second kappa shape index (κ2) is 5.67. The van der Waals surface area contributed by atoms with E-state index in [2.05, 4.69) is 0 Å². The van der Waals surface area contributed by atoms with Crippen LogP contribution in [0.25, 0.3) is 0 Å². The Hall–Kier alpha value is 0.0569. The average Bonchev–Trinajstić information content (AvgIpc) is 1.85. The Balaban J connectivity index is 3.02. The van der Waals surface area contributed by atoms with E-state index in [0.29, 0.717) is 25.7 Å². The fourth-order valence-corrected chi connectivity index (χ4v) is 1.49. The third-order valence-corrected chi connectivity index (χ3v) is 2.48. The summed E-state index contributed by atoms with van der Waals surface area (Å²) in [5.74, 6) is 0. The molecule has 0 unspecified atom stereocenters. The maximum absolute atomic E-state index is 8.96. The van der Waals surface area contributed by atoms with E-state index in [9.17, 15) is 0 Å². The SMILES string of the molecule is C[Si](O)(O)CCCOCCO. The van der Waals surface area contributed by atoms with Gasteiger partial charge in [0, 0.05) is 6.61 Å². The lowest BCUT2D eigenvalue weighted by atomic mass is 10.5. The van der Waals surface area contributed by atoms with Gasteiger partial charge < -0.3 is 19.4 Å². The van der Waals surface area contributed by atoms with Gasteiger partial charge in [-0.3, -0.25) is 0 Å². The van der Waals surface area contributed by atoms with E-state index in [1.54, 1.807) is 0 Å². The second-order valence-corrected chi connectivity index (χ2v) is 5.59. The fraction of sp³-hybridized carbons (Fsp3) is 1.00. The van der Waals surface area contributed by atoms with Gasteiger partial charge in [-0.05, 0) is 19.0 Å². The second-order valence-electron chi connectivity index (χ2n) is 2.66. The normalized spacial score (nSPS) is 12.0. The van der Waals surface area contributed by atoms with E-state index in [0.717, 1.165) is 0 Å². The maximum Gasteiger partial charge on any atom is 0.329 e. The lowest BCUT2D eigenvalue weighted by molar-refractivity contribution is 0.0918. The smallest absolute Gasteiger partial charge is 0.329 e. The molecule has 0 fully saturated rings. The molecule has 0 saturated carbocycles. The molecule has 0 aliphatic heterocycles. The van der Waals surface area contributed by atoms with Crippen molar-refractivity contribution in [2.75, 3.05) is 19.8 Å². The molecule has 68 valence electrons. The third-order valence-electron chi connectivity index (χ3n) is 1.17. The van der Waals surface area contributed by atoms with Crippen molar-refractivity contribution in [3.05, 3.63) is 0 Å². The lowest BCUT2D eigenvalue weighted by Crippen LogP contribution is -2.29. The Morgan fingerprint density at radius 3 is 2.36 bits per heavy atom. The Kier molecular flexibility index (Phi) is 5.70. The fourth-order valence-electron chi connectivity index (χ4n) is 0.676. The van der Waals surface area contributed by atoms with Crippen molar-refractivity contribution in [3.63, 3.8) is 0 Å². The molecule has 0 saturated heterocycles. The molecule has 0 aliphatic rings. The highest BCUT2D eigenvalue weighted by molar-refractivity contribution is 6.63. The van der Waals surface area contributed by atoms with Crippen molar-refractivity contribution in [1.82, 2.24) is 0 Å². The number of rotatable bonds is 6. The minimum absolute atomic E-state index is 0.0208. The quantitative estimate of drug-likeness (QED) is 0.378. The summed E-state index contributed by atoms with van der Waals surface area (Å²) >= 11 is 0. The average molecular weight is 180 g/mol. The van der Waals surface area contributed by atoms with Crippen LogP contribution in [0.5, 0.6) is 0 Å². The first-order valence-electron chi connectivity index (χ1n) is 3.69. The van der Waals surface area contributed by atoms with Crippen LogP contribution in [-0.2, 0) is 4.74 Å². The van der Waals surface area contributed by atoms with Crippen LogP contribution >= 0.6 is 0 Å². The van der Waals surface area contributed by atoms with Crippen LogP contribution in [0.1, 0.15) is 6.42 Å². The summed E-state index contributed by atoms with van der Waals surface area (Å²) in [5.41, 5.74) is 0. The van der Waals surface area contributed by atoms with Crippen LogP contribution in [0.15, 0.2) is 0 Å². The zero-order valence-electron chi connectivity index (χ0n) is 6.79. The molecule has 0 amide bonds. The number of aliphatic hydroxyl groups excluding tert-OH is 1. The van der Waals surface area contributed by atoms with Crippen molar-refractivity contribution < 1.29 is 19.4 Å². The predicted molar refractivity (Wildman–Crippen MR) is 43.4 cm³/mol. The molecule has 0 aromatic rings. The number of aliphatic hydroxyl groups is 1. The molecular weight excluding hydrogens is 164 g/mol. The highest BCUT2D eigenvalue weighted by Crippen LogP contribution is 2.03. The van der Waals surface area contributed by atoms with E-state index in [1.165, 1.54) is 6.55 Å². The summed E-state index contributed by atoms with van der Waals surface area (Å²) < 4.78 is 4.93. The number of ether oxygens (including phenoxy) is 1. The van der Waals surface area contributed by atoms with Crippen LogP contribution in [0.2, 0.25) is 12.6 Å². The van der Waals surface area contributed by atoms with Crippen LogP contribution in [0, 0.1) is 0 Å². The monoisotopic (exact) mass is 180 g/mol. The molecular formula is C6H16O4Si. The maximum atomic E-state index is 8.96. The molecule has 0 spiro atoms. The zero-order chi connectivity index (χ0) is 8.74. The van der Waals surface area contributed by atoms with Crippen molar-refractivity contribution >= 4 is 8.56 Å². The molecule has 0 rings (SSSR count). The summed E-state index contributed by atoms with van der Waals surface area (Å²) in [6.07, 6.45) is 0.649. The van der Waals surface area contributed by atoms with Gasteiger partial charge in [0.2, 0.25) is 0 Å². The molecule has 0 aromatic heterocycles. The van der Waals surface area contributed by atoms with Crippen LogP contribution in [0.3, 0.4) is 0 Å². The van der Waals surface area contributed by atoms with Gasteiger partial charge in [0.05, 0.1) is 13.2 Å². The van der Waals surface area contributed by atoms with Gasteiger partial charge in [-0.1, -0.05) is 0 Å². The minimum Gasteiger partial charge on any atom is -0.411 e. The van der Waals surface area contributed by atoms with E-state index in [4.69, 9.17) is 19.4 Å². The van der Waals surface area contributed by atoms with Gasteiger partial charge in [-0.15, -0.1) is 0 Å². The summed E-state index contributed by atoms with van der Waals surface area (Å²) in [6.45, 7) is 2.31. The highest BCUT2D eigenvalue weighted by atomic mass is 28.4.